The van der Waals surface area contributed by atoms with E-state index in [1.165, 1.54) is 6.07 Å². The number of carbonyl (C=O) groups excluding carboxylic acids is 1. The zero-order valence-corrected chi connectivity index (χ0v) is 15.8. The van der Waals surface area contributed by atoms with Crippen LogP contribution in [0.4, 0.5) is 10.1 Å². The summed E-state index contributed by atoms with van der Waals surface area (Å²) in [6.07, 6.45) is 0. The Balaban J connectivity index is 1.51. The Morgan fingerprint density at radius 1 is 1.14 bits per heavy atom. The molecule has 0 N–H and O–H groups in total. The van der Waals surface area contributed by atoms with Crippen molar-refractivity contribution >= 4 is 23.2 Å². The second kappa shape index (κ2) is 8.99. The second-order valence-electron chi connectivity index (χ2n) is 6.42. The summed E-state index contributed by atoms with van der Waals surface area (Å²) in [7, 11) is 0. The molecule has 2 aromatic carbocycles. The number of hydrogen-bond donors (Lipinski definition) is 0. The van der Waals surface area contributed by atoms with Crippen LogP contribution in [0.15, 0.2) is 42.5 Å². The minimum Gasteiger partial charge on any atom is -0.475 e. The summed E-state index contributed by atoms with van der Waals surface area (Å²) in [6.45, 7) is 2.71. The molecule has 0 radical (unpaired) electrons. The first-order valence-electron chi connectivity index (χ1n) is 8.74. The third kappa shape index (κ3) is 4.96. The normalized spacial score (nSPS) is 14.7. The van der Waals surface area contributed by atoms with E-state index in [2.05, 4.69) is 4.90 Å². The number of nitro groups is 1. The minimum absolute atomic E-state index is 0.330. The van der Waals surface area contributed by atoms with Crippen molar-refractivity contribution in [2.24, 2.45) is 0 Å². The molecule has 1 amide bonds. The van der Waals surface area contributed by atoms with Gasteiger partial charge in [-0.2, -0.15) is 0 Å². The van der Waals surface area contributed by atoms with E-state index in [0.29, 0.717) is 31.2 Å². The van der Waals surface area contributed by atoms with Crippen LogP contribution in [0.3, 0.4) is 0 Å². The van der Waals surface area contributed by atoms with E-state index in [-0.39, 0.29) is 5.91 Å². The quantitative estimate of drug-likeness (QED) is 0.543. The summed E-state index contributed by atoms with van der Waals surface area (Å²) < 4.78 is 19.0. The second-order valence-corrected chi connectivity index (χ2v) is 6.85. The molecular formula is C19H19ClFN3O4. The van der Waals surface area contributed by atoms with Gasteiger partial charge < -0.3 is 9.64 Å². The highest BCUT2D eigenvalue weighted by Gasteiger charge is 2.24. The SMILES string of the molecule is O=C(COc1c(F)cccc1[N+](=O)[O-])N1CCN(Cc2ccc(Cl)cc2)CC1. The van der Waals surface area contributed by atoms with Crippen molar-refractivity contribution < 1.29 is 18.8 Å². The van der Waals surface area contributed by atoms with Crippen molar-refractivity contribution in [3.05, 3.63) is 69.0 Å². The predicted molar refractivity (Wildman–Crippen MR) is 102 cm³/mol. The van der Waals surface area contributed by atoms with Crippen molar-refractivity contribution in [3.63, 3.8) is 0 Å². The fraction of sp³-hybridized carbons (Fsp3) is 0.316. The van der Waals surface area contributed by atoms with Crippen molar-refractivity contribution in [3.8, 4) is 5.75 Å². The van der Waals surface area contributed by atoms with Crippen LogP contribution in [0.25, 0.3) is 0 Å². The molecule has 1 heterocycles. The molecule has 0 spiro atoms. The van der Waals surface area contributed by atoms with Crippen LogP contribution in [-0.2, 0) is 11.3 Å². The number of rotatable bonds is 6. The van der Waals surface area contributed by atoms with Gasteiger partial charge in [0, 0.05) is 43.8 Å². The topological polar surface area (TPSA) is 75.9 Å². The lowest BCUT2D eigenvalue weighted by Crippen LogP contribution is -2.49. The Kier molecular flexibility index (Phi) is 6.43. The molecule has 28 heavy (non-hydrogen) atoms. The van der Waals surface area contributed by atoms with Gasteiger partial charge >= 0.3 is 5.69 Å². The molecule has 0 unspecified atom stereocenters. The number of amides is 1. The molecule has 9 heteroatoms. The summed E-state index contributed by atoms with van der Waals surface area (Å²) >= 11 is 5.89. The van der Waals surface area contributed by atoms with E-state index in [0.717, 1.165) is 24.2 Å². The number of nitro benzene ring substituents is 1. The summed E-state index contributed by atoms with van der Waals surface area (Å²) in [5, 5.41) is 11.7. The highest BCUT2D eigenvalue weighted by atomic mass is 35.5. The first-order valence-corrected chi connectivity index (χ1v) is 9.12. The van der Waals surface area contributed by atoms with Gasteiger partial charge in [-0.1, -0.05) is 29.8 Å². The Morgan fingerprint density at radius 3 is 2.46 bits per heavy atom. The van der Waals surface area contributed by atoms with Gasteiger partial charge in [-0.3, -0.25) is 19.8 Å². The molecule has 2 aromatic rings. The molecule has 1 aliphatic rings. The number of halogens is 2. The fourth-order valence-corrected chi connectivity index (χ4v) is 3.14. The molecule has 0 bridgehead atoms. The van der Waals surface area contributed by atoms with Gasteiger partial charge in [-0.05, 0) is 23.8 Å². The minimum atomic E-state index is -0.866. The molecule has 7 nitrogen and oxygen atoms in total. The number of nitrogens with zero attached hydrogens (tertiary/aromatic N) is 3. The molecule has 0 aliphatic carbocycles. The van der Waals surface area contributed by atoms with Crippen LogP contribution in [0, 0.1) is 15.9 Å². The van der Waals surface area contributed by atoms with Crippen molar-refractivity contribution in [2.75, 3.05) is 32.8 Å². The maximum absolute atomic E-state index is 13.8. The lowest BCUT2D eigenvalue weighted by molar-refractivity contribution is -0.386. The number of benzene rings is 2. The molecule has 1 aliphatic heterocycles. The highest BCUT2D eigenvalue weighted by Crippen LogP contribution is 2.29. The van der Waals surface area contributed by atoms with E-state index >= 15 is 0 Å². The third-order valence-corrected chi connectivity index (χ3v) is 4.78. The fourth-order valence-electron chi connectivity index (χ4n) is 3.01. The number of hydrogen-bond acceptors (Lipinski definition) is 5. The standard InChI is InChI=1S/C19H19ClFN3O4/c20-15-6-4-14(5-7-15)12-22-8-10-23(11-9-22)18(25)13-28-19-16(21)2-1-3-17(19)24(26)27/h1-7H,8-13H2. The van der Waals surface area contributed by atoms with E-state index in [4.69, 9.17) is 16.3 Å². The van der Waals surface area contributed by atoms with Gasteiger partial charge in [0.05, 0.1) is 4.92 Å². The molecule has 148 valence electrons. The van der Waals surface area contributed by atoms with E-state index < -0.39 is 28.8 Å². The lowest BCUT2D eigenvalue weighted by Gasteiger charge is -2.34. The smallest absolute Gasteiger partial charge is 0.314 e. The summed E-state index contributed by atoms with van der Waals surface area (Å²) in [6, 6.07) is 11.0. The molecule has 0 saturated carbocycles. The van der Waals surface area contributed by atoms with Crippen molar-refractivity contribution in [1.82, 2.24) is 9.80 Å². The van der Waals surface area contributed by atoms with E-state index in [9.17, 15) is 19.3 Å². The van der Waals surface area contributed by atoms with Crippen molar-refractivity contribution in [1.29, 1.82) is 0 Å². The molecular weight excluding hydrogens is 389 g/mol. The number of piperazine rings is 1. The summed E-state index contributed by atoms with van der Waals surface area (Å²) in [5.41, 5.74) is 0.639. The molecule has 1 saturated heterocycles. The molecule has 3 rings (SSSR count). The zero-order valence-electron chi connectivity index (χ0n) is 15.0. The Bertz CT molecular complexity index is 855. The predicted octanol–water partition coefficient (Wildman–Crippen LogP) is 3.11. The van der Waals surface area contributed by atoms with Gasteiger partial charge in [-0.25, -0.2) is 4.39 Å². The van der Waals surface area contributed by atoms with E-state index in [1.807, 2.05) is 24.3 Å². The first kappa shape index (κ1) is 20.0. The van der Waals surface area contributed by atoms with Gasteiger partial charge in [0.25, 0.3) is 5.91 Å². The monoisotopic (exact) mass is 407 g/mol. The lowest BCUT2D eigenvalue weighted by atomic mass is 10.2. The van der Waals surface area contributed by atoms with Crippen LogP contribution < -0.4 is 4.74 Å². The average molecular weight is 408 g/mol. The number of carbonyl (C=O) groups is 1. The third-order valence-electron chi connectivity index (χ3n) is 4.53. The van der Waals surface area contributed by atoms with E-state index in [1.54, 1.807) is 4.90 Å². The largest absolute Gasteiger partial charge is 0.475 e. The highest BCUT2D eigenvalue weighted by molar-refractivity contribution is 6.30. The van der Waals surface area contributed by atoms with Gasteiger partial charge in [0.2, 0.25) is 5.75 Å². The number of para-hydroxylation sites is 1. The van der Waals surface area contributed by atoms with Gasteiger partial charge in [0.15, 0.2) is 12.4 Å². The zero-order chi connectivity index (χ0) is 20.1. The maximum atomic E-state index is 13.8. The van der Waals surface area contributed by atoms with Gasteiger partial charge in [0.1, 0.15) is 0 Å². The Hall–Kier alpha value is -2.71. The first-order chi connectivity index (χ1) is 13.4. The van der Waals surface area contributed by atoms with Crippen LogP contribution in [-0.4, -0.2) is 53.4 Å². The maximum Gasteiger partial charge on any atom is 0.314 e. The van der Waals surface area contributed by atoms with Gasteiger partial charge in [-0.15, -0.1) is 0 Å². The van der Waals surface area contributed by atoms with Crippen LogP contribution in [0.1, 0.15) is 5.56 Å². The van der Waals surface area contributed by atoms with Crippen LogP contribution in [0.5, 0.6) is 5.75 Å². The number of ether oxygens (including phenoxy) is 1. The van der Waals surface area contributed by atoms with Crippen molar-refractivity contribution in [2.45, 2.75) is 6.54 Å². The summed E-state index contributed by atoms with van der Waals surface area (Å²) in [4.78, 5) is 26.4. The Morgan fingerprint density at radius 2 is 1.82 bits per heavy atom. The molecule has 1 fully saturated rings. The van der Waals surface area contributed by atoms with Crippen LogP contribution >= 0.6 is 11.6 Å². The molecule has 0 aromatic heterocycles. The van der Waals surface area contributed by atoms with Crippen LogP contribution in [0.2, 0.25) is 5.02 Å². The molecule has 0 atom stereocenters. The Labute approximate surface area is 166 Å². The summed E-state index contributed by atoms with van der Waals surface area (Å²) in [5.74, 6) is -1.71. The average Bonchev–Trinajstić information content (AvgIpc) is 2.69.